The maximum absolute atomic E-state index is 12.6. The zero-order valence-electron chi connectivity index (χ0n) is 14.5. The number of anilines is 2. The second kappa shape index (κ2) is 6.71. The van der Waals surface area contributed by atoms with Crippen molar-refractivity contribution < 1.29 is 19.1 Å². The van der Waals surface area contributed by atoms with E-state index in [1.807, 2.05) is 37.3 Å². The van der Waals surface area contributed by atoms with Crippen molar-refractivity contribution in [3.63, 3.8) is 0 Å². The van der Waals surface area contributed by atoms with Crippen LogP contribution in [0.4, 0.5) is 11.4 Å². The Balaban J connectivity index is 1.44. The van der Waals surface area contributed by atoms with Gasteiger partial charge in [-0.1, -0.05) is 12.1 Å². The Morgan fingerprint density at radius 2 is 1.77 bits per heavy atom. The molecule has 0 aliphatic carbocycles. The van der Waals surface area contributed by atoms with Crippen LogP contribution in [0.25, 0.3) is 0 Å². The summed E-state index contributed by atoms with van der Waals surface area (Å²) in [6.07, 6.45) is 0.350. The third-order valence-corrected chi connectivity index (χ3v) is 4.62. The minimum absolute atomic E-state index is 0.141. The molecule has 2 aromatic rings. The monoisotopic (exact) mass is 352 g/mol. The highest BCUT2D eigenvalue weighted by atomic mass is 16.6. The molecule has 2 atom stereocenters. The van der Waals surface area contributed by atoms with Gasteiger partial charge >= 0.3 is 0 Å². The van der Waals surface area contributed by atoms with Crippen LogP contribution < -0.4 is 19.7 Å². The Bertz CT molecular complexity index is 834. The Morgan fingerprint density at radius 3 is 2.42 bits per heavy atom. The molecule has 0 radical (unpaired) electrons. The van der Waals surface area contributed by atoms with Gasteiger partial charge in [0, 0.05) is 24.3 Å². The summed E-state index contributed by atoms with van der Waals surface area (Å²) in [6, 6.07) is 14.6. The molecule has 26 heavy (non-hydrogen) atoms. The fourth-order valence-electron chi connectivity index (χ4n) is 3.27. The predicted molar refractivity (Wildman–Crippen MR) is 97.6 cm³/mol. The lowest BCUT2D eigenvalue weighted by molar-refractivity contribution is -0.128. The summed E-state index contributed by atoms with van der Waals surface area (Å²) in [5.74, 6) is 1.08. The molecule has 6 heteroatoms. The van der Waals surface area contributed by atoms with E-state index in [0.717, 1.165) is 18.7 Å². The van der Waals surface area contributed by atoms with Crippen molar-refractivity contribution in [3.05, 3.63) is 48.5 Å². The van der Waals surface area contributed by atoms with Crippen LogP contribution in [-0.2, 0) is 9.59 Å². The predicted octanol–water partition coefficient (Wildman–Crippen LogP) is 2.98. The van der Waals surface area contributed by atoms with E-state index in [2.05, 4.69) is 5.32 Å². The first-order valence-electron chi connectivity index (χ1n) is 8.75. The van der Waals surface area contributed by atoms with Gasteiger partial charge in [-0.05, 0) is 49.7 Å². The molecule has 0 saturated carbocycles. The Kier molecular flexibility index (Phi) is 4.24. The van der Waals surface area contributed by atoms with E-state index in [-0.39, 0.29) is 11.8 Å². The van der Waals surface area contributed by atoms with Crippen LogP contribution in [0.5, 0.6) is 11.5 Å². The van der Waals surface area contributed by atoms with Crippen molar-refractivity contribution in [2.24, 2.45) is 0 Å². The molecule has 134 valence electrons. The zero-order chi connectivity index (χ0) is 18.1. The van der Waals surface area contributed by atoms with Crippen molar-refractivity contribution in [2.45, 2.75) is 32.0 Å². The molecule has 0 aromatic heterocycles. The van der Waals surface area contributed by atoms with Crippen LogP contribution in [0.1, 0.15) is 19.8 Å². The summed E-state index contributed by atoms with van der Waals surface area (Å²) < 4.78 is 11.6. The van der Waals surface area contributed by atoms with Gasteiger partial charge in [-0.2, -0.15) is 0 Å². The molecule has 2 aliphatic heterocycles. The Labute approximate surface area is 151 Å². The quantitative estimate of drug-likeness (QED) is 0.922. The highest BCUT2D eigenvalue weighted by Gasteiger charge is 2.34. The maximum Gasteiger partial charge on any atom is 0.269 e. The second-order valence-corrected chi connectivity index (χ2v) is 6.49. The Hall–Kier alpha value is -3.02. The number of benzene rings is 2. The van der Waals surface area contributed by atoms with E-state index in [0.29, 0.717) is 23.6 Å². The van der Waals surface area contributed by atoms with Gasteiger partial charge in [-0.3, -0.25) is 9.59 Å². The van der Waals surface area contributed by atoms with Crippen molar-refractivity contribution in [1.29, 1.82) is 0 Å². The number of carbonyl (C=O) groups is 2. The smallest absolute Gasteiger partial charge is 0.269 e. The third kappa shape index (κ3) is 3.10. The molecule has 6 nitrogen and oxygen atoms in total. The van der Waals surface area contributed by atoms with Gasteiger partial charge in [-0.15, -0.1) is 0 Å². The summed E-state index contributed by atoms with van der Waals surface area (Å²) in [4.78, 5) is 26.2. The number of nitrogens with zero attached hydrogens (tertiary/aromatic N) is 1. The lowest BCUT2D eigenvalue weighted by Gasteiger charge is -2.31. The SMILES string of the molecule is C[C@@H]1Oc2ccccc2O[C@@H]1C(=O)Nc1ccc(N2CCCC2=O)cc1. The molecule has 2 aromatic carbocycles. The number of amides is 2. The third-order valence-electron chi connectivity index (χ3n) is 4.62. The molecule has 4 rings (SSSR count). The average molecular weight is 352 g/mol. The fraction of sp³-hybridized carbons (Fsp3) is 0.300. The van der Waals surface area contributed by atoms with Crippen molar-refractivity contribution in [1.82, 2.24) is 0 Å². The van der Waals surface area contributed by atoms with E-state index < -0.39 is 12.2 Å². The number of fused-ring (bicyclic) bond motifs is 1. The molecule has 1 N–H and O–H groups in total. The highest BCUT2D eigenvalue weighted by Crippen LogP contribution is 2.33. The normalized spacial score (nSPS) is 21.6. The van der Waals surface area contributed by atoms with Crippen LogP contribution >= 0.6 is 0 Å². The molecule has 0 bridgehead atoms. The molecular formula is C20H20N2O4. The van der Waals surface area contributed by atoms with Crippen LogP contribution in [0.15, 0.2) is 48.5 Å². The largest absolute Gasteiger partial charge is 0.482 e. The molecule has 0 spiro atoms. The van der Waals surface area contributed by atoms with E-state index in [9.17, 15) is 9.59 Å². The van der Waals surface area contributed by atoms with Crippen molar-refractivity contribution >= 4 is 23.2 Å². The number of nitrogens with one attached hydrogen (secondary N) is 1. The fourth-order valence-corrected chi connectivity index (χ4v) is 3.27. The van der Waals surface area contributed by atoms with Crippen molar-refractivity contribution in [2.75, 3.05) is 16.8 Å². The van der Waals surface area contributed by atoms with Gasteiger partial charge in [0.2, 0.25) is 12.0 Å². The molecule has 2 amide bonds. The molecular weight excluding hydrogens is 332 g/mol. The number of carbonyl (C=O) groups excluding carboxylic acids is 2. The number of ether oxygens (including phenoxy) is 2. The first kappa shape index (κ1) is 16.4. The Morgan fingerprint density at radius 1 is 1.08 bits per heavy atom. The number of para-hydroxylation sites is 2. The average Bonchev–Trinajstić information content (AvgIpc) is 3.07. The highest BCUT2D eigenvalue weighted by molar-refractivity contribution is 5.97. The lowest BCUT2D eigenvalue weighted by atomic mass is 10.1. The van der Waals surface area contributed by atoms with Crippen LogP contribution in [0, 0.1) is 0 Å². The summed E-state index contributed by atoms with van der Waals surface area (Å²) in [6.45, 7) is 2.55. The molecule has 0 unspecified atom stereocenters. The van der Waals surface area contributed by atoms with E-state index in [1.165, 1.54) is 0 Å². The minimum atomic E-state index is -0.732. The van der Waals surface area contributed by atoms with Gasteiger partial charge in [0.15, 0.2) is 11.5 Å². The van der Waals surface area contributed by atoms with Gasteiger partial charge in [-0.25, -0.2) is 0 Å². The minimum Gasteiger partial charge on any atom is -0.482 e. The van der Waals surface area contributed by atoms with E-state index >= 15 is 0 Å². The number of hydrogen-bond donors (Lipinski definition) is 1. The number of hydrogen-bond acceptors (Lipinski definition) is 4. The summed E-state index contributed by atoms with van der Waals surface area (Å²) >= 11 is 0. The van der Waals surface area contributed by atoms with E-state index in [1.54, 1.807) is 23.1 Å². The lowest BCUT2D eigenvalue weighted by Crippen LogP contribution is -2.46. The summed E-state index contributed by atoms with van der Waals surface area (Å²) in [5.41, 5.74) is 1.50. The van der Waals surface area contributed by atoms with E-state index in [4.69, 9.17) is 9.47 Å². The van der Waals surface area contributed by atoms with Gasteiger partial charge < -0.3 is 19.7 Å². The number of rotatable bonds is 3. The molecule has 1 fully saturated rings. The van der Waals surface area contributed by atoms with Gasteiger partial charge in [0.1, 0.15) is 6.10 Å². The van der Waals surface area contributed by atoms with Crippen LogP contribution in [0.2, 0.25) is 0 Å². The summed E-state index contributed by atoms with van der Waals surface area (Å²) in [7, 11) is 0. The first-order chi connectivity index (χ1) is 12.6. The van der Waals surface area contributed by atoms with Gasteiger partial charge in [0.05, 0.1) is 0 Å². The topological polar surface area (TPSA) is 67.9 Å². The summed E-state index contributed by atoms with van der Waals surface area (Å²) in [5, 5.41) is 2.85. The van der Waals surface area contributed by atoms with Crippen LogP contribution in [0.3, 0.4) is 0 Å². The second-order valence-electron chi connectivity index (χ2n) is 6.49. The van der Waals surface area contributed by atoms with Crippen LogP contribution in [-0.4, -0.2) is 30.6 Å². The van der Waals surface area contributed by atoms with Crippen molar-refractivity contribution in [3.8, 4) is 11.5 Å². The molecule has 2 aliphatic rings. The zero-order valence-corrected chi connectivity index (χ0v) is 14.5. The maximum atomic E-state index is 12.6. The molecule has 2 heterocycles. The first-order valence-corrected chi connectivity index (χ1v) is 8.75. The van der Waals surface area contributed by atoms with Gasteiger partial charge in [0.25, 0.3) is 5.91 Å². The standard InChI is InChI=1S/C20H20N2O4/c1-13-19(26-17-6-3-2-5-16(17)25-13)20(24)21-14-8-10-15(11-9-14)22-12-4-7-18(22)23/h2-3,5-6,8-11,13,19H,4,7,12H2,1H3,(H,21,24)/t13-,19-/m0/s1. The molecule has 1 saturated heterocycles.